The van der Waals surface area contributed by atoms with Gasteiger partial charge in [-0.25, -0.2) is 0 Å². The van der Waals surface area contributed by atoms with Crippen LogP contribution in [0.3, 0.4) is 0 Å². The molecule has 1 aromatic rings. The fourth-order valence-electron chi connectivity index (χ4n) is 2.54. The lowest BCUT2D eigenvalue weighted by Crippen LogP contribution is -2.50. The Balaban J connectivity index is 1.92. The molecule has 3 amide bonds. The maximum absolute atomic E-state index is 12.5. The van der Waals surface area contributed by atoms with E-state index in [1.54, 1.807) is 41.2 Å². The van der Waals surface area contributed by atoms with Gasteiger partial charge in [-0.2, -0.15) is 0 Å². The number of rotatable bonds is 5. The maximum Gasteiger partial charge on any atom is 0.253 e. The fraction of sp³-hybridized carbons (Fsp3) is 0.471. The molecule has 1 fully saturated rings. The monoisotopic (exact) mass is 333 g/mol. The first-order chi connectivity index (χ1) is 11.5. The summed E-state index contributed by atoms with van der Waals surface area (Å²) in [6.07, 6.45) is 0. The van der Waals surface area contributed by atoms with Gasteiger partial charge < -0.3 is 19.9 Å². The molecular weight excluding hydrogens is 310 g/mol. The molecule has 0 bridgehead atoms. The number of hydrogen-bond donors (Lipinski definition) is 1. The van der Waals surface area contributed by atoms with E-state index in [0.717, 1.165) is 0 Å². The van der Waals surface area contributed by atoms with Crippen molar-refractivity contribution in [3.63, 3.8) is 0 Å². The van der Waals surface area contributed by atoms with E-state index in [-0.39, 0.29) is 17.7 Å². The number of carbonyl (C=O) groups excluding carboxylic acids is 3. The Morgan fingerprint density at radius 2 is 1.54 bits per heavy atom. The van der Waals surface area contributed by atoms with Crippen LogP contribution in [0.25, 0.3) is 0 Å². The second-order valence-corrected chi connectivity index (χ2v) is 5.62. The first-order valence-electron chi connectivity index (χ1n) is 7.95. The van der Waals surface area contributed by atoms with Crippen LogP contribution in [0.1, 0.15) is 27.6 Å². The van der Waals surface area contributed by atoms with Crippen molar-refractivity contribution < 1.29 is 19.1 Å². The van der Waals surface area contributed by atoms with E-state index in [2.05, 4.69) is 5.32 Å². The molecule has 0 saturated carbocycles. The van der Waals surface area contributed by atoms with Gasteiger partial charge in [0.25, 0.3) is 11.8 Å². The van der Waals surface area contributed by atoms with Crippen LogP contribution in [0.2, 0.25) is 0 Å². The van der Waals surface area contributed by atoms with Gasteiger partial charge in [0.2, 0.25) is 5.91 Å². The smallest absolute Gasteiger partial charge is 0.253 e. The Morgan fingerprint density at radius 3 is 2.08 bits per heavy atom. The first kappa shape index (κ1) is 17.9. The van der Waals surface area contributed by atoms with Crippen LogP contribution in [0, 0.1) is 0 Å². The summed E-state index contributed by atoms with van der Waals surface area (Å²) in [5.41, 5.74) is 1.05. The molecule has 24 heavy (non-hydrogen) atoms. The highest BCUT2D eigenvalue weighted by molar-refractivity contribution is 5.97. The van der Waals surface area contributed by atoms with Crippen LogP contribution in [-0.2, 0) is 9.53 Å². The van der Waals surface area contributed by atoms with E-state index in [1.807, 2.05) is 0 Å². The van der Waals surface area contributed by atoms with Gasteiger partial charge in [-0.05, 0) is 24.3 Å². The average Bonchev–Trinajstić information content (AvgIpc) is 2.61. The van der Waals surface area contributed by atoms with E-state index in [1.165, 1.54) is 6.92 Å². The summed E-state index contributed by atoms with van der Waals surface area (Å²) < 4.78 is 4.88. The van der Waals surface area contributed by atoms with Crippen molar-refractivity contribution in [2.75, 3.05) is 46.4 Å². The number of amides is 3. The Kier molecular flexibility index (Phi) is 6.31. The fourth-order valence-corrected chi connectivity index (χ4v) is 2.54. The Hall–Kier alpha value is -2.41. The lowest BCUT2D eigenvalue weighted by molar-refractivity contribution is -0.130. The second kappa shape index (κ2) is 8.44. The Morgan fingerprint density at radius 1 is 1.00 bits per heavy atom. The van der Waals surface area contributed by atoms with Crippen LogP contribution < -0.4 is 5.32 Å². The van der Waals surface area contributed by atoms with Crippen molar-refractivity contribution in [1.29, 1.82) is 0 Å². The van der Waals surface area contributed by atoms with Gasteiger partial charge in [-0.15, -0.1) is 0 Å². The summed E-state index contributed by atoms with van der Waals surface area (Å²) in [6.45, 7) is 4.59. The average molecular weight is 333 g/mol. The summed E-state index contributed by atoms with van der Waals surface area (Å²) >= 11 is 0. The predicted octanol–water partition coefficient (Wildman–Crippen LogP) is 0.367. The molecule has 0 aliphatic carbocycles. The van der Waals surface area contributed by atoms with E-state index >= 15 is 0 Å². The van der Waals surface area contributed by atoms with Crippen molar-refractivity contribution in [3.8, 4) is 0 Å². The van der Waals surface area contributed by atoms with Crippen molar-refractivity contribution >= 4 is 17.7 Å². The Labute approximate surface area is 141 Å². The molecule has 0 spiro atoms. The molecule has 0 atom stereocenters. The second-order valence-electron chi connectivity index (χ2n) is 5.62. The van der Waals surface area contributed by atoms with Gasteiger partial charge in [0.1, 0.15) is 0 Å². The standard InChI is InChI=1S/C17H23N3O4/c1-13(21)19-8-10-20(11-9-19)17(23)15-5-3-14(4-6-15)16(22)18-7-12-24-2/h3-6H,7-12H2,1-2H3,(H,18,22). The third-order valence-corrected chi connectivity index (χ3v) is 4.00. The van der Waals surface area contributed by atoms with Crippen molar-refractivity contribution in [1.82, 2.24) is 15.1 Å². The highest BCUT2D eigenvalue weighted by Crippen LogP contribution is 2.11. The maximum atomic E-state index is 12.5. The summed E-state index contributed by atoms with van der Waals surface area (Å²) in [5.74, 6) is -0.239. The number of piperazine rings is 1. The van der Waals surface area contributed by atoms with Gasteiger partial charge in [-0.3, -0.25) is 14.4 Å². The normalized spacial score (nSPS) is 14.4. The topological polar surface area (TPSA) is 79.0 Å². The lowest BCUT2D eigenvalue weighted by Gasteiger charge is -2.34. The molecule has 0 aromatic heterocycles. The minimum Gasteiger partial charge on any atom is -0.383 e. The van der Waals surface area contributed by atoms with E-state index in [4.69, 9.17) is 4.74 Å². The molecule has 1 N–H and O–H groups in total. The first-order valence-corrected chi connectivity index (χ1v) is 7.95. The molecule has 7 heteroatoms. The van der Waals surface area contributed by atoms with Gasteiger partial charge in [0, 0.05) is 57.9 Å². The summed E-state index contributed by atoms with van der Waals surface area (Å²) in [4.78, 5) is 39.2. The number of nitrogens with zero attached hydrogens (tertiary/aromatic N) is 2. The van der Waals surface area contributed by atoms with Gasteiger partial charge in [0.05, 0.1) is 6.61 Å². The highest BCUT2D eigenvalue weighted by Gasteiger charge is 2.23. The van der Waals surface area contributed by atoms with Crippen molar-refractivity contribution in [3.05, 3.63) is 35.4 Å². The molecule has 130 valence electrons. The molecule has 1 aliphatic heterocycles. The predicted molar refractivity (Wildman–Crippen MR) is 88.8 cm³/mol. The van der Waals surface area contributed by atoms with E-state index in [9.17, 15) is 14.4 Å². The molecule has 1 saturated heterocycles. The molecule has 1 heterocycles. The molecule has 0 radical (unpaired) electrons. The highest BCUT2D eigenvalue weighted by atomic mass is 16.5. The van der Waals surface area contributed by atoms with E-state index in [0.29, 0.717) is 50.5 Å². The van der Waals surface area contributed by atoms with Crippen molar-refractivity contribution in [2.45, 2.75) is 6.92 Å². The van der Waals surface area contributed by atoms with Gasteiger partial charge in [-0.1, -0.05) is 0 Å². The Bertz CT molecular complexity index is 592. The van der Waals surface area contributed by atoms with Crippen LogP contribution >= 0.6 is 0 Å². The minimum absolute atomic E-state index is 0.0333. The largest absolute Gasteiger partial charge is 0.383 e. The summed E-state index contributed by atoms with van der Waals surface area (Å²) in [5, 5.41) is 2.73. The molecule has 1 aromatic carbocycles. The number of carbonyl (C=O) groups is 3. The molecule has 1 aliphatic rings. The third-order valence-electron chi connectivity index (χ3n) is 4.00. The van der Waals surface area contributed by atoms with Crippen LogP contribution in [0.15, 0.2) is 24.3 Å². The third kappa shape index (κ3) is 4.55. The van der Waals surface area contributed by atoms with Crippen LogP contribution in [0.5, 0.6) is 0 Å². The molecule has 7 nitrogen and oxygen atoms in total. The number of nitrogens with one attached hydrogen (secondary N) is 1. The zero-order valence-corrected chi connectivity index (χ0v) is 14.1. The molecular formula is C17H23N3O4. The zero-order valence-electron chi connectivity index (χ0n) is 14.1. The lowest BCUT2D eigenvalue weighted by atomic mass is 10.1. The number of ether oxygens (including phenoxy) is 1. The summed E-state index contributed by atoms with van der Waals surface area (Å²) in [7, 11) is 1.57. The molecule has 0 unspecified atom stereocenters. The quantitative estimate of drug-likeness (QED) is 0.790. The summed E-state index contributed by atoms with van der Waals surface area (Å²) in [6, 6.07) is 6.60. The van der Waals surface area contributed by atoms with E-state index < -0.39 is 0 Å². The van der Waals surface area contributed by atoms with Crippen LogP contribution in [-0.4, -0.2) is 74.0 Å². The number of methoxy groups -OCH3 is 1. The number of benzene rings is 1. The van der Waals surface area contributed by atoms with Gasteiger partial charge >= 0.3 is 0 Å². The number of hydrogen-bond acceptors (Lipinski definition) is 4. The minimum atomic E-state index is -0.193. The molecule has 2 rings (SSSR count). The zero-order chi connectivity index (χ0) is 17.5. The SMILES string of the molecule is COCCNC(=O)c1ccc(C(=O)N2CCN(C(C)=O)CC2)cc1. The van der Waals surface area contributed by atoms with Crippen molar-refractivity contribution in [2.24, 2.45) is 0 Å². The van der Waals surface area contributed by atoms with Crippen LogP contribution in [0.4, 0.5) is 0 Å². The van der Waals surface area contributed by atoms with Gasteiger partial charge in [0.15, 0.2) is 0 Å².